The van der Waals surface area contributed by atoms with Crippen molar-refractivity contribution >= 4 is 23.8 Å². The van der Waals surface area contributed by atoms with Crippen LogP contribution >= 0.6 is 12.6 Å². The van der Waals surface area contributed by atoms with Crippen molar-refractivity contribution < 1.29 is 9.59 Å². The van der Waals surface area contributed by atoms with Crippen molar-refractivity contribution in [2.75, 3.05) is 0 Å². The summed E-state index contributed by atoms with van der Waals surface area (Å²) in [6, 6.07) is 7.25. The van der Waals surface area contributed by atoms with Crippen molar-refractivity contribution in [3.63, 3.8) is 0 Å². The highest BCUT2D eigenvalue weighted by atomic mass is 32.1. The number of benzene rings is 1. The van der Waals surface area contributed by atoms with E-state index < -0.39 is 17.2 Å². The van der Waals surface area contributed by atoms with Gasteiger partial charge in [-0.1, -0.05) is 30.3 Å². The zero-order chi connectivity index (χ0) is 10.6. The first-order valence-corrected chi connectivity index (χ1v) is 4.39. The molecule has 14 heavy (non-hydrogen) atoms. The van der Waals surface area contributed by atoms with E-state index >= 15 is 0 Å². The Labute approximate surface area is 86.9 Å². The average Bonchev–Trinajstić information content (AvgIpc) is 2.15. The zero-order valence-electron chi connectivity index (χ0n) is 7.31. The lowest BCUT2D eigenvalue weighted by Gasteiger charge is -2.13. The quantitative estimate of drug-likeness (QED) is 0.647. The van der Waals surface area contributed by atoms with Gasteiger partial charge in [0, 0.05) is 0 Å². The second-order valence-electron chi connectivity index (χ2n) is 2.69. The standard InChI is InChI=1S/C9H10N2O2S/c10-9(13)11-7(8(12)14)6-4-2-1-3-5-6/h1-5,7H,(H,12,14)(H3,10,11,13). The first-order chi connectivity index (χ1) is 6.61. The number of hydrogen-bond donors (Lipinski definition) is 3. The fourth-order valence-corrected chi connectivity index (χ4v) is 1.29. The topological polar surface area (TPSA) is 72.2 Å². The van der Waals surface area contributed by atoms with E-state index in [-0.39, 0.29) is 0 Å². The first-order valence-electron chi connectivity index (χ1n) is 3.95. The van der Waals surface area contributed by atoms with Crippen molar-refractivity contribution in [1.29, 1.82) is 0 Å². The summed E-state index contributed by atoms with van der Waals surface area (Å²) in [6.45, 7) is 0. The van der Waals surface area contributed by atoms with Crippen LogP contribution in [0.15, 0.2) is 30.3 Å². The second-order valence-corrected chi connectivity index (χ2v) is 3.13. The van der Waals surface area contributed by atoms with E-state index in [1.807, 2.05) is 6.07 Å². The number of nitrogens with one attached hydrogen (secondary N) is 1. The van der Waals surface area contributed by atoms with Gasteiger partial charge in [-0.25, -0.2) is 4.79 Å². The van der Waals surface area contributed by atoms with Crippen molar-refractivity contribution in [1.82, 2.24) is 5.32 Å². The molecule has 0 fully saturated rings. The Balaban J connectivity index is 2.89. The largest absolute Gasteiger partial charge is 0.352 e. The molecule has 0 spiro atoms. The second kappa shape index (κ2) is 4.66. The number of nitrogens with two attached hydrogens (primary N) is 1. The smallest absolute Gasteiger partial charge is 0.313 e. The number of rotatable bonds is 3. The Kier molecular flexibility index (Phi) is 3.53. The highest BCUT2D eigenvalue weighted by Gasteiger charge is 2.17. The minimum Gasteiger partial charge on any atom is -0.352 e. The minimum atomic E-state index is -0.781. The minimum absolute atomic E-state index is 0.449. The third-order valence-corrected chi connectivity index (χ3v) is 1.92. The lowest BCUT2D eigenvalue weighted by molar-refractivity contribution is -0.112. The van der Waals surface area contributed by atoms with Gasteiger partial charge in [0.15, 0.2) is 0 Å². The summed E-state index contributed by atoms with van der Waals surface area (Å²) in [4.78, 5) is 21.7. The summed E-state index contributed by atoms with van der Waals surface area (Å²) in [6.07, 6.45) is 0. The predicted molar refractivity (Wildman–Crippen MR) is 55.9 cm³/mol. The molecule has 0 saturated heterocycles. The van der Waals surface area contributed by atoms with Crippen LogP contribution in [0.3, 0.4) is 0 Å². The number of amides is 2. The third-order valence-electron chi connectivity index (χ3n) is 1.67. The van der Waals surface area contributed by atoms with Crippen LogP contribution in [0.5, 0.6) is 0 Å². The molecule has 5 heteroatoms. The molecule has 3 N–H and O–H groups in total. The molecule has 1 aromatic rings. The lowest BCUT2D eigenvalue weighted by Crippen LogP contribution is -2.35. The Morgan fingerprint density at radius 2 is 1.86 bits per heavy atom. The number of thiol groups is 1. The van der Waals surface area contributed by atoms with Crippen LogP contribution in [0.1, 0.15) is 11.6 Å². The van der Waals surface area contributed by atoms with Gasteiger partial charge in [0.1, 0.15) is 6.04 Å². The van der Waals surface area contributed by atoms with Crippen molar-refractivity contribution in [2.45, 2.75) is 6.04 Å². The fraction of sp³-hybridized carbons (Fsp3) is 0.111. The fourth-order valence-electron chi connectivity index (χ4n) is 1.08. The van der Waals surface area contributed by atoms with Gasteiger partial charge >= 0.3 is 6.03 Å². The van der Waals surface area contributed by atoms with Crippen LogP contribution in [0, 0.1) is 0 Å². The number of hydrogen-bond acceptors (Lipinski definition) is 2. The Morgan fingerprint density at radius 3 is 2.29 bits per heavy atom. The van der Waals surface area contributed by atoms with Gasteiger partial charge in [0.05, 0.1) is 0 Å². The van der Waals surface area contributed by atoms with Crippen molar-refractivity contribution in [3.8, 4) is 0 Å². The number of carbonyl (C=O) groups excluding carboxylic acids is 2. The molecule has 0 heterocycles. The van der Waals surface area contributed by atoms with Crippen LogP contribution < -0.4 is 11.1 Å². The van der Waals surface area contributed by atoms with Gasteiger partial charge < -0.3 is 11.1 Å². The SMILES string of the molecule is NC(=O)NC(C(=O)S)c1ccccc1. The zero-order valence-corrected chi connectivity index (χ0v) is 8.20. The summed E-state index contributed by atoms with van der Waals surface area (Å²) < 4.78 is 0. The molecule has 1 rings (SSSR count). The van der Waals surface area contributed by atoms with Crippen LogP contribution in [-0.2, 0) is 4.79 Å². The van der Waals surface area contributed by atoms with E-state index in [1.165, 1.54) is 0 Å². The maximum absolute atomic E-state index is 11.1. The number of primary amides is 1. The molecule has 0 aliphatic rings. The monoisotopic (exact) mass is 210 g/mol. The molecule has 0 radical (unpaired) electrons. The van der Waals surface area contributed by atoms with E-state index in [2.05, 4.69) is 17.9 Å². The molecule has 74 valence electrons. The van der Waals surface area contributed by atoms with Gasteiger partial charge in [-0.3, -0.25) is 4.79 Å². The summed E-state index contributed by atoms with van der Waals surface area (Å²) >= 11 is 3.67. The summed E-state index contributed by atoms with van der Waals surface area (Å²) in [5, 5.41) is 1.86. The lowest BCUT2D eigenvalue weighted by atomic mass is 10.1. The van der Waals surface area contributed by atoms with Gasteiger partial charge in [0.25, 0.3) is 0 Å². The van der Waals surface area contributed by atoms with E-state index in [0.717, 1.165) is 0 Å². The third kappa shape index (κ3) is 2.77. The Bertz CT molecular complexity index is 340. The molecule has 0 aliphatic heterocycles. The van der Waals surface area contributed by atoms with Crippen molar-refractivity contribution in [3.05, 3.63) is 35.9 Å². The summed E-state index contributed by atoms with van der Waals surface area (Å²) in [5.74, 6) is 0. The molecule has 0 aromatic heterocycles. The molecule has 0 bridgehead atoms. The molecule has 0 aliphatic carbocycles. The van der Waals surface area contributed by atoms with Crippen LogP contribution in [0.25, 0.3) is 0 Å². The molecule has 2 amide bonds. The van der Waals surface area contributed by atoms with Crippen LogP contribution in [-0.4, -0.2) is 11.1 Å². The van der Waals surface area contributed by atoms with Crippen LogP contribution in [0.2, 0.25) is 0 Å². The van der Waals surface area contributed by atoms with E-state index in [4.69, 9.17) is 5.73 Å². The Morgan fingerprint density at radius 1 is 1.29 bits per heavy atom. The Hall–Kier alpha value is -1.49. The van der Waals surface area contributed by atoms with Gasteiger partial charge in [-0.05, 0) is 5.56 Å². The predicted octanol–water partition coefficient (Wildman–Crippen LogP) is 0.852. The highest BCUT2D eigenvalue weighted by molar-refractivity contribution is 7.96. The first kappa shape index (κ1) is 10.6. The van der Waals surface area contributed by atoms with E-state index in [9.17, 15) is 9.59 Å². The molecule has 1 unspecified atom stereocenters. The highest BCUT2D eigenvalue weighted by Crippen LogP contribution is 2.14. The number of carbonyl (C=O) groups is 2. The van der Waals surface area contributed by atoms with E-state index in [1.54, 1.807) is 24.3 Å². The average molecular weight is 210 g/mol. The van der Waals surface area contributed by atoms with Gasteiger partial charge in [0.2, 0.25) is 5.12 Å². The molecular formula is C9H10N2O2S. The van der Waals surface area contributed by atoms with Crippen LogP contribution in [0.4, 0.5) is 4.79 Å². The molecule has 1 atom stereocenters. The van der Waals surface area contributed by atoms with Crippen molar-refractivity contribution in [2.24, 2.45) is 5.73 Å². The van der Waals surface area contributed by atoms with Gasteiger partial charge in [-0.2, -0.15) is 0 Å². The van der Waals surface area contributed by atoms with E-state index in [0.29, 0.717) is 5.56 Å². The number of urea groups is 1. The molecule has 0 saturated carbocycles. The molecular weight excluding hydrogens is 200 g/mol. The molecule has 1 aromatic carbocycles. The normalized spacial score (nSPS) is 11.8. The summed E-state index contributed by atoms with van der Waals surface area (Å²) in [5.41, 5.74) is 5.59. The van der Waals surface area contributed by atoms with Gasteiger partial charge in [-0.15, -0.1) is 12.6 Å². The summed E-state index contributed by atoms with van der Waals surface area (Å²) in [7, 11) is 0. The maximum Gasteiger partial charge on any atom is 0.313 e. The molecule has 4 nitrogen and oxygen atoms in total. The maximum atomic E-state index is 11.1.